The van der Waals surface area contributed by atoms with Gasteiger partial charge >= 0.3 is 0 Å². The molecule has 0 atom stereocenters. The lowest BCUT2D eigenvalue weighted by Crippen LogP contribution is -2.38. The van der Waals surface area contributed by atoms with Gasteiger partial charge in [-0.2, -0.15) is 0 Å². The third kappa shape index (κ3) is 4.31. The third-order valence-corrected chi connectivity index (χ3v) is 3.20. The predicted octanol–water partition coefficient (Wildman–Crippen LogP) is 1.55. The molecule has 0 aliphatic rings. The van der Waals surface area contributed by atoms with Crippen molar-refractivity contribution in [2.45, 2.75) is 6.61 Å². The van der Waals surface area contributed by atoms with E-state index in [0.29, 0.717) is 12.3 Å². The highest BCUT2D eigenvalue weighted by atomic mass is 16.5. The van der Waals surface area contributed by atoms with Crippen molar-refractivity contribution >= 4 is 11.6 Å². The van der Waals surface area contributed by atoms with Gasteiger partial charge in [-0.3, -0.25) is 4.79 Å². The molecule has 1 amide bonds. The Hall–Kier alpha value is -2.37. The zero-order valence-corrected chi connectivity index (χ0v) is 12.3. The summed E-state index contributed by atoms with van der Waals surface area (Å²) in [5, 5.41) is 9.05. The van der Waals surface area contributed by atoms with E-state index in [9.17, 15) is 4.79 Å². The topological polar surface area (TPSA) is 75.8 Å². The number of hydrogen-bond donors (Lipinski definition) is 2. The lowest BCUT2D eigenvalue weighted by atomic mass is 10.2. The van der Waals surface area contributed by atoms with Crippen LogP contribution >= 0.6 is 0 Å². The molecule has 0 aromatic heterocycles. The van der Waals surface area contributed by atoms with Gasteiger partial charge in [0.2, 0.25) is 5.91 Å². The molecule has 2 aromatic carbocycles. The standard InChI is InChI=1S/C17H20N2O3/c18-12-17(21)19(10-11-20)15-6-8-16(9-7-15)22-13-14-4-2-1-3-5-14/h1-9,20H,10-13,18H2. The minimum Gasteiger partial charge on any atom is -0.489 e. The quantitative estimate of drug-likeness (QED) is 0.813. The van der Waals surface area contributed by atoms with E-state index in [1.807, 2.05) is 30.3 Å². The zero-order valence-electron chi connectivity index (χ0n) is 12.3. The lowest BCUT2D eigenvalue weighted by molar-refractivity contribution is -0.117. The first kappa shape index (κ1) is 16.0. The predicted molar refractivity (Wildman–Crippen MR) is 85.7 cm³/mol. The zero-order chi connectivity index (χ0) is 15.8. The maximum absolute atomic E-state index is 11.8. The molecule has 3 N–H and O–H groups in total. The van der Waals surface area contributed by atoms with E-state index in [1.54, 1.807) is 24.3 Å². The second-order valence-corrected chi connectivity index (χ2v) is 4.74. The van der Waals surface area contributed by atoms with Gasteiger partial charge in [-0.15, -0.1) is 0 Å². The molecule has 22 heavy (non-hydrogen) atoms. The normalized spacial score (nSPS) is 10.3. The van der Waals surface area contributed by atoms with Gasteiger partial charge in [0.15, 0.2) is 0 Å². The minimum atomic E-state index is -0.230. The largest absolute Gasteiger partial charge is 0.489 e. The van der Waals surface area contributed by atoms with Gasteiger partial charge in [0.1, 0.15) is 12.4 Å². The van der Waals surface area contributed by atoms with Crippen LogP contribution in [0.5, 0.6) is 5.75 Å². The van der Waals surface area contributed by atoms with Gasteiger partial charge in [-0.25, -0.2) is 0 Å². The molecular weight excluding hydrogens is 280 g/mol. The molecule has 5 nitrogen and oxygen atoms in total. The average Bonchev–Trinajstić information content (AvgIpc) is 2.59. The molecule has 116 valence electrons. The Morgan fingerprint density at radius 1 is 1.09 bits per heavy atom. The highest BCUT2D eigenvalue weighted by molar-refractivity contribution is 5.94. The molecule has 0 aliphatic carbocycles. The van der Waals surface area contributed by atoms with Gasteiger partial charge in [-0.1, -0.05) is 30.3 Å². The summed E-state index contributed by atoms with van der Waals surface area (Å²) in [6.07, 6.45) is 0. The Morgan fingerprint density at radius 3 is 2.36 bits per heavy atom. The van der Waals surface area contributed by atoms with E-state index in [4.69, 9.17) is 15.6 Å². The molecule has 0 saturated carbocycles. The summed E-state index contributed by atoms with van der Waals surface area (Å²) in [6, 6.07) is 17.0. The van der Waals surface area contributed by atoms with Crippen molar-refractivity contribution in [1.29, 1.82) is 0 Å². The van der Waals surface area contributed by atoms with Crippen molar-refractivity contribution in [2.75, 3.05) is 24.6 Å². The Labute approximate surface area is 129 Å². The second-order valence-electron chi connectivity index (χ2n) is 4.74. The number of nitrogens with zero attached hydrogens (tertiary/aromatic N) is 1. The Morgan fingerprint density at radius 2 is 1.77 bits per heavy atom. The van der Waals surface area contributed by atoms with Crippen LogP contribution < -0.4 is 15.4 Å². The number of anilines is 1. The van der Waals surface area contributed by atoms with Crippen molar-refractivity contribution in [1.82, 2.24) is 0 Å². The van der Waals surface area contributed by atoms with Crippen LogP contribution in [0.3, 0.4) is 0 Å². The van der Waals surface area contributed by atoms with Gasteiger partial charge in [0.25, 0.3) is 0 Å². The van der Waals surface area contributed by atoms with Crippen LogP contribution in [0.1, 0.15) is 5.56 Å². The summed E-state index contributed by atoms with van der Waals surface area (Å²) in [5.41, 5.74) is 7.17. The lowest BCUT2D eigenvalue weighted by Gasteiger charge is -2.21. The number of amides is 1. The summed E-state index contributed by atoms with van der Waals surface area (Å²) >= 11 is 0. The summed E-state index contributed by atoms with van der Waals surface area (Å²) in [5.74, 6) is 0.490. The molecule has 5 heteroatoms. The van der Waals surface area contributed by atoms with Crippen molar-refractivity contribution in [3.05, 3.63) is 60.2 Å². The van der Waals surface area contributed by atoms with E-state index in [1.165, 1.54) is 4.90 Å². The van der Waals surface area contributed by atoms with Crippen molar-refractivity contribution in [3.63, 3.8) is 0 Å². The van der Waals surface area contributed by atoms with Gasteiger partial charge in [0.05, 0.1) is 13.2 Å². The first-order chi connectivity index (χ1) is 10.7. The maximum Gasteiger partial charge on any atom is 0.240 e. The Bertz CT molecular complexity index is 585. The van der Waals surface area contributed by atoms with Gasteiger partial charge in [0, 0.05) is 12.2 Å². The smallest absolute Gasteiger partial charge is 0.240 e. The van der Waals surface area contributed by atoms with E-state index >= 15 is 0 Å². The maximum atomic E-state index is 11.8. The number of carbonyl (C=O) groups excluding carboxylic acids is 1. The first-order valence-corrected chi connectivity index (χ1v) is 7.12. The molecule has 0 bridgehead atoms. The van der Waals surface area contributed by atoms with Crippen molar-refractivity contribution < 1.29 is 14.6 Å². The van der Waals surface area contributed by atoms with Crippen LogP contribution in [0.2, 0.25) is 0 Å². The fourth-order valence-electron chi connectivity index (χ4n) is 2.07. The fourth-order valence-corrected chi connectivity index (χ4v) is 2.07. The molecular formula is C17H20N2O3. The van der Waals surface area contributed by atoms with Crippen molar-refractivity contribution in [3.8, 4) is 5.75 Å². The average molecular weight is 300 g/mol. The van der Waals surface area contributed by atoms with E-state index in [2.05, 4.69) is 0 Å². The van der Waals surface area contributed by atoms with Crippen LogP contribution in [-0.2, 0) is 11.4 Å². The molecule has 0 heterocycles. The number of benzene rings is 2. The SMILES string of the molecule is NCC(=O)N(CCO)c1ccc(OCc2ccccc2)cc1. The highest BCUT2D eigenvalue weighted by Gasteiger charge is 2.13. The second kappa shape index (κ2) is 8.17. The summed E-state index contributed by atoms with van der Waals surface area (Å²) in [6.45, 7) is 0.507. The van der Waals surface area contributed by atoms with E-state index in [0.717, 1.165) is 11.3 Å². The van der Waals surface area contributed by atoms with Gasteiger partial charge < -0.3 is 20.5 Å². The molecule has 0 unspecified atom stereocenters. The molecule has 0 radical (unpaired) electrons. The highest BCUT2D eigenvalue weighted by Crippen LogP contribution is 2.20. The number of nitrogens with two attached hydrogens (primary N) is 1. The summed E-state index contributed by atoms with van der Waals surface area (Å²) in [4.78, 5) is 13.2. The van der Waals surface area contributed by atoms with Crippen LogP contribution in [0.4, 0.5) is 5.69 Å². The summed E-state index contributed by atoms with van der Waals surface area (Å²) < 4.78 is 5.70. The molecule has 0 saturated heterocycles. The number of carbonyl (C=O) groups is 1. The number of ether oxygens (including phenoxy) is 1. The Kier molecular flexibility index (Phi) is 5.94. The Balaban J connectivity index is 2.01. The molecule has 0 fully saturated rings. The van der Waals surface area contributed by atoms with Crippen LogP contribution in [0.15, 0.2) is 54.6 Å². The number of rotatable bonds is 7. The van der Waals surface area contributed by atoms with Crippen LogP contribution in [-0.4, -0.2) is 30.7 Å². The monoisotopic (exact) mass is 300 g/mol. The minimum absolute atomic E-state index is 0.0910. The van der Waals surface area contributed by atoms with Gasteiger partial charge in [-0.05, 0) is 29.8 Å². The third-order valence-electron chi connectivity index (χ3n) is 3.20. The fraction of sp³-hybridized carbons (Fsp3) is 0.235. The van der Waals surface area contributed by atoms with Crippen molar-refractivity contribution in [2.24, 2.45) is 5.73 Å². The van der Waals surface area contributed by atoms with E-state index < -0.39 is 0 Å². The molecule has 0 aliphatic heterocycles. The molecule has 2 aromatic rings. The number of aliphatic hydroxyl groups is 1. The van der Waals surface area contributed by atoms with Crippen LogP contribution in [0.25, 0.3) is 0 Å². The van der Waals surface area contributed by atoms with Crippen LogP contribution in [0, 0.1) is 0 Å². The number of hydrogen-bond acceptors (Lipinski definition) is 4. The first-order valence-electron chi connectivity index (χ1n) is 7.12. The molecule has 0 spiro atoms. The molecule has 2 rings (SSSR count). The van der Waals surface area contributed by atoms with E-state index in [-0.39, 0.29) is 25.6 Å². The summed E-state index contributed by atoms with van der Waals surface area (Å²) in [7, 11) is 0. The number of aliphatic hydroxyl groups excluding tert-OH is 1.